The van der Waals surface area contributed by atoms with E-state index >= 15 is 0 Å². The van der Waals surface area contributed by atoms with E-state index < -0.39 is 5.76 Å². The number of nitrogens with zero attached hydrogens (tertiary/aromatic N) is 4. The van der Waals surface area contributed by atoms with Gasteiger partial charge in [0.1, 0.15) is 5.82 Å². The number of piperidine rings is 1. The maximum absolute atomic E-state index is 12.8. The number of unbranched alkanes of at least 4 members (excludes halogenated alkanes) is 1. The molecule has 1 fully saturated rings. The molecule has 1 N–H and O–H groups in total. The summed E-state index contributed by atoms with van der Waals surface area (Å²) in [5.74, 6) is 0.952. The van der Waals surface area contributed by atoms with Crippen LogP contribution in [0.1, 0.15) is 61.7 Å². The van der Waals surface area contributed by atoms with Crippen molar-refractivity contribution >= 4 is 5.91 Å². The third kappa shape index (κ3) is 6.47. The van der Waals surface area contributed by atoms with Crippen LogP contribution >= 0.6 is 0 Å². The lowest BCUT2D eigenvalue weighted by Gasteiger charge is -2.26. The minimum atomic E-state index is -0.588. The Balaban J connectivity index is 1.40. The number of aromatic nitrogens is 4. The Morgan fingerprint density at radius 3 is 2.48 bits per heavy atom. The second-order valence-corrected chi connectivity index (χ2v) is 10.2. The van der Waals surface area contributed by atoms with Crippen LogP contribution in [0.15, 0.2) is 57.8 Å². The molecule has 208 valence electrons. The highest BCUT2D eigenvalue weighted by atomic mass is 16.5. The molecule has 1 amide bonds. The van der Waals surface area contributed by atoms with Crippen LogP contribution in [0.5, 0.6) is 5.88 Å². The summed E-state index contributed by atoms with van der Waals surface area (Å²) >= 11 is 0. The number of hydrogen-bond donors (Lipinski definition) is 1. The lowest BCUT2D eigenvalue weighted by molar-refractivity contribution is -0.134. The van der Waals surface area contributed by atoms with Crippen LogP contribution in [0.25, 0.3) is 22.5 Å². The molecule has 9 nitrogen and oxygen atoms in total. The number of H-pyrrole nitrogens is 1. The number of aryl methyl sites for hydroxylation is 2. The molecule has 0 radical (unpaired) electrons. The first-order valence-corrected chi connectivity index (χ1v) is 14.0. The van der Waals surface area contributed by atoms with E-state index in [2.05, 4.69) is 34.2 Å². The van der Waals surface area contributed by atoms with E-state index in [9.17, 15) is 9.59 Å². The molecule has 9 heteroatoms. The Bertz CT molecular complexity index is 1500. The summed E-state index contributed by atoms with van der Waals surface area (Å²) in [5.41, 5.74) is 5.68. The van der Waals surface area contributed by atoms with Gasteiger partial charge in [-0.15, -0.1) is 0 Å². The van der Waals surface area contributed by atoms with E-state index in [1.54, 1.807) is 0 Å². The minimum Gasteiger partial charge on any atom is -0.467 e. The minimum absolute atomic E-state index is 0.00787. The maximum Gasteiger partial charge on any atom is 0.439 e. The highest BCUT2D eigenvalue weighted by Crippen LogP contribution is 2.31. The highest BCUT2D eigenvalue weighted by Gasteiger charge is 2.20. The maximum atomic E-state index is 12.8. The van der Waals surface area contributed by atoms with Gasteiger partial charge in [0.15, 0.2) is 12.4 Å². The number of carbonyl (C=O) groups is 1. The Morgan fingerprint density at radius 2 is 1.77 bits per heavy atom. The molecule has 1 aliphatic heterocycles. The Kier molecular flexibility index (Phi) is 8.68. The van der Waals surface area contributed by atoms with Crippen LogP contribution in [0.3, 0.4) is 0 Å². The standard InChI is InChI=1S/C31H35N5O4/c1-3-4-12-27-26(30(33-21(2)32-27)39-20-28(37)36-17-8-5-9-18-36)19-22-13-15-23(16-14-22)24-10-6-7-11-25(24)29-34-31(38)40-35-29/h6-7,10-11,13-16H,3-5,8-9,12,17-20H2,1-2H3,(H,34,35,38). The van der Waals surface area contributed by atoms with Gasteiger partial charge in [0.2, 0.25) is 5.88 Å². The van der Waals surface area contributed by atoms with Gasteiger partial charge in [-0.3, -0.25) is 14.3 Å². The lowest BCUT2D eigenvalue weighted by atomic mass is 9.96. The Morgan fingerprint density at radius 1 is 1.02 bits per heavy atom. The van der Waals surface area contributed by atoms with Gasteiger partial charge in [0, 0.05) is 30.6 Å². The first-order valence-electron chi connectivity index (χ1n) is 14.0. The van der Waals surface area contributed by atoms with Gasteiger partial charge in [-0.25, -0.2) is 9.78 Å². The van der Waals surface area contributed by atoms with Crippen molar-refractivity contribution in [3.63, 3.8) is 0 Å². The number of rotatable bonds is 10. The van der Waals surface area contributed by atoms with Crippen LogP contribution in [0.4, 0.5) is 0 Å². The largest absolute Gasteiger partial charge is 0.467 e. The zero-order valence-corrected chi connectivity index (χ0v) is 23.1. The Labute approximate surface area is 233 Å². The number of hydrogen-bond acceptors (Lipinski definition) is 7. The Hall–Kier alpha value is -4.27. The summed E-state index contributed by atoms with van der Waals surface area (Å²) in [6.07, 6.45) is 6.74. The van der Waals surface area contributed by atoms with Crippen LogP contribution in [-0.4, -0.2) is 50.6 Å². The van der Waals surface area contributed by atoms with Gasteiger partial charge < -0.3 is 9.64 Å². The fourth-order valence-electron chi connectivity index (χ4n) is 5.13. The van der Waals surface area contributed by atoms with Gasteiger partial charge >= 0.3 is 5.76 Å². The smallest absolute Gasteiger partial charge is 0.439 e. The van der Waals surface area contributed by atoms with Gasteiger partial charge in [0.05, 0.1) is 5.69 Å². The van der Waals surface area contributed by atoms with E-state index in [0.29, 0.717) is 23.9 Å². The SMILES string of the molecule is CCCCc1nc(C)nc(OCC(=O)N2CCCCC2)c1Cc1ccc(-c2ccccc2-c2noc(=O)[nH]2)cc1. The van der Waals surface area contributed by atoms with Crippen molar-refractivity contribution in [1.82, 2.24) is 25.0 Å². The average Bonchev–Trinajstić information content (AvgIpc) is 3.42. The van der Waals surface area contributed by atoms with Gasteiger partial charge in [0.25, 0.3) is 5.91 Å². The molecule has 0 spiro atoms. The fraction of sp³-hybridized carbons (Fsp3) is 0.387. The van der Waals surface area contributed by atoms with Crippen LogP contribution in [0, 0.1) is 6.92 Å². The second kappa shape index (κ2) is 12.7. The normalized spacial score (nSPS) is 13.4. The van der Waals surface area contributed by atoms with Gasteiger partial charge in [-0.2, -0.15) is 4.98 Å². The van der Waals surface area contributed by atoms with Crippen molar-refractivity contribution in [3.05, 3.63) is 81.7 Å². The topological polar surface area (TPSA) is 114 Å². The van der Waals surface area contributed by atoms with Gasteiger partial charge in [-0.1, -0.05) is 67.0 Å². The number of benzene rings is 2. The van der Waals surface area contributed by atoms with Gasteiger partial charge in [-0.05, 0) is 55.7 Å². The van der Waals surface area contributed by atoms with E-state index in [-0.39, 0.29) is 12.5 Å². The van der Waals surface area contributed by atoms with E-state index in [1.807, 2.05) is 48.2 Å². The molecule has 1 aliphatic rings. The first kappa shape index (κ1) is 27.3. The zero-order valence-electron chi connectivity index (χ0n) is 23.1. The number of ether oxygens (including phenoxy) is 1. The predicted molar refractivity (Wildman–Crippen MR) is 152 cm³/mol. The second-order valence-electron chi connectivity index (χ2n) is 10.2. The van der Waals surface area contributed by atoms with E-state index in [0.717, 1.165) is 78.7 Å². The number of amides is 1. The lowest BCUT2D eigenvalue weighted by Crippen LogP contribution is -2.38. The number of carbonyl (C=O) groups excluding carboxylic acids is 1. The molecule has 2 aromatic heterocycles. The molecule has 0 aliphatic carbocycles. The van der Waals surface area contributed by atoms with Crippen molar-refractivity contribution < 1.29 is 14.1 Å². The van der Waals surface area contributed by atoms with Crippen LogP contribution in [0.2, 0.25) is 0 Å². The van der Waals surface area contributed by atoms with Crippen LogP contribution in [-0.2, 0) is 17.6 Å². The first-order chi connectivity index (χ1) is 19.5. The number of nitrogens with one attached hydrogen (secondary N) is 1. The summed E-state index contributed by atoms with van der Waals surface area (Å²) in [5, 5.41) is 3.86. The molecule has 0 saturated carbocycles. The molecular weight excluding hydrogens is 506 g/mol. The van der Waals surface area contributed by atoms with Crippen molar-refractivity contribution in [2.75, 3.05) is 19.7 Å². The third-order valence-corrected chi connectivity index (χ3v) is 7.24. The molecule has 3 heterocycles. The summed E-state index contributed by atoms with van der Waals surface area (Å²) < 4.78 is 10.8. The van der Waals surface area contributed by atoms with Crippen molar-refractivity contribution in [1.29, 1.82) is 0 Å². The molecule has 5 rings (SSSR count). The summed E-state index contributed by atoms with van der Waals surface area (Å²) in [4.78, 5) is 38.2. The number of likely N-dealkylation sites (tertiary alicyclic amines) is 1. The van der Waals surface area contributed by atoms with Crippen molar-refractivity contribution in [3.8, 4) is 28.4 Å². The van der Waals surface area contributed by atoms with Crippen LogP contribution < -0.4 is 10.5 Å². The number of aromatic amines is 1. The van der Waals surface area contributed by atoms with Crippen molar-refractivity contribution in [2.24, 2.45) is 0 Å². The fourth-order valence-corrected chi connectivity index (χ4v) is 5.13. The molecular formula is C31H35N5O4. The highest BCUT2D eigenvalue weighted by molar-refractivity contribution is 5.80. The molecule has 0 unspecified atom stereocenters. The third-order valence-electron chi connectivity index (χ3n) is 7.24. The molecule has 4 aromatic rings. The molecule has 40 heavy (non-hydrogen) atoms. The molecule has 2 aromatic carbocycles. The van der Waals surface area contributed by atoms with E-state index in [1.165, 1.54) is 6.42 Å². The predicted octanol–water partition coefficient (Wildman–Crippen LogP) is 5.12. The van der Waals surface area contributed by atoms with Crippen molar-refractivity contribution in [2.45, 2.75) is 58.8 Å². The molecule has 0 bridgehead atoms. The molecule has 0 atom stereocenters. The molecule has 1 saturated heterocycles. The quantitative estimate of drug-likeness (QED) is 0.296. The average molecular weight is 542 g/mol. The summed E-state index contributed by atoms with van der Waals surface area (Å²) in [6.45, 7) is 5.60. The monoisotopic (exact) mass is 541 g/mol. The summed E-state index contributed by atoms with van der Waals surface area (Å²) in [6, 6.07) is 16.0. The zero-order chi connectivity index (χ0) is 27.9. The van der Waals surface area contributed by atoms with E-state index in [4.69, 9.17) is 14.2 Å². The summed E-state index contributed by atoms with van der Waals surface area (Å²) in [7, 11) is 0.